The van der Waals surface area contributed by atoms with Gasteiger partial charge in [0.1, 0.15) is 5.75 Å². The monoisotopic (exact) mass is 436 g/mol. The van der Waals surface area contributed by atoms with E-state index in [1.54, 1.807) is 7.11 Å². The number of piperidine rings is 1. The molecule has 1 aromatic heterocycles. The summed E-state index contributed by atoms with van der Waals surface area (Å²) in [5.41, 5.74) is 1.90. The number of hydrogen-bond acceptors (Lipinski definition) is 5. The van der Waals surface area contributed by atoms with Crippen LogP contribution in [-0.2, 0) is 4.79 Å². The molecule has 4 rings (SSSR count). The van der Waals surface area contributed by atoms with E-state index >= 15 is 0 Å². The number of ether oxygens (including phenoxy) is 1. The Bertz CT molecular complexity index is 1010. The van der Waals surface area contributed by atoms with Gasteiger partial charge in [0.15, 0.2) is 11.0 Å². The van der Waals surface area contributed by atoms with Gasteiger partial charge in [0.2, 0.25) is 5.91 Å². The second-order valence-electron chi connectivity index (χ2n) is 7.92. The van der Waals surface area contributed by atoms with Gasteiger partial charge in [-0.25, -0.2) is 0 Å². The molecule has 3 aromatic rings. The molecule has 1 aliphatic rings. The molecule has 6 nitrogen and oxygen atoms in total. The van der Waals surface area contributed by atoms with E-state index in [1.807, 2.05) is 64.1 Å². The first-order chi connectivity index (χ1) is 15.1. The minimum Gasteiger partial charge on any atom is -0.497 e. The minimum absolute atomic E-state index is 0.162. The summed E-state index contributed by atoms with van der Waals surface area (Å²) in [6.45, 7) is 4.29. The van der Waals surface area contributed by atoms with Crippen LogP contribution in [0, 0.1) is 0 Å². The molecule has 31 heavy (non-hydrogen) atoms. The zero-order valence-electron chi connectivity index (χ0n) is 18.2. The van der Waals surface area contributed by atoms with Crippen LogP contribution in [0.2, 0.25) is 0 Å². The van der Waals surface area contributed by atoms with Gasteiger partial charge in [-0.2, -0.15) is 0 Å². The van der Waals surface area contributed by atoms with E-state index in [4.69, 9.17) is 4.74 Å². The van der Waals surface area contributed by atoms with Gasteiger partial charge >= 0.3 is 0 Å². The quantitative estimate of drug-likeness (QED) is 0.518. The van der Waals surface area contributed by atoms with Crippen molar-refractivity contribution in [1.82, 2.24) is 19.7 Å². The molecule has 7 heteroatoms. The summed E-state index contributed by atoms with van der Waals surface area (Å²) in [5, 5.41) is 9.61. The molecule has 0 radical (unpaired) electrons. The van der Waals surface area contributed by atoms with E-state index < -0.39 is 0 Å². The van der Waals surface area contributed by atoms with Gasteiger partial charge in [-0.05, 0) is 57.4 Å². The van der Waals surface area contributed by atoms with Crippen molar-refractivity contribution in [2.75, 3.05) is 12.9 Å². The van der Waals surface area contributed by atoms with Crippen LogP contribution in [0.3, 0.4) is 0 Å². The maximum Gasteiger partial charge on any atom is 0.233 e. The van der Waals surface area contributed by atoms with Crippen molar-refractivity contribution in [1.29, 1.82) is 0 Å². The van der Waals surface area contributed by atoms with Crippen LogP contribution in [-0.4, -0.2) is 50.5 Å². The Morgan fingerprint density at radius 1 is 1.03 bits per heavy atom. The summed E-state index contributed by atoms with van der Waals surface area (Å²) in [4.78, 5) is 15.1. The van der Waals surface area contributed by atoms with E-state index in [2.05, 4.69) is 24.0 Å². The van der Waals surface area contributed by atoms with Crippen LogP contribution in [0.15, 0.2) is 59.8 Å². The highest BCUT2D eigenvalue weighted by Gasteiger charge is 2.29. The number of rotatable bonds is 6. The maximum absolute atomic E-state index is 13.0. The molecular weight excluding hydrogens is 408 g/mol. The molecule has 162 valence electrons. The molecular formula is C24H28N4O2S. The third kappa shape index (κ3) is 4.61. The molecule has 1 fully saturated rings. The van der Waals surface area contributed by atoms with Crippen LogP contribution in [0.5, 0.6) is 5.75 Å². The number of carbonyl (C=O) groups excluding carboxylic acids is 1. The molecule has 1 saturated heterocycles. The third-order valence-corrected chi connectivity index (χ3v) is 6.72. The molecule has 0 aliphatic carbocycles. The SMILES string of the molecule is COc1ccc(-n2c(SCC(=O)N3C(C)CCCC3C)nnc2-c2ccccc2)cc1. The predicted octanol–water partition coefficient (Wildman–Crippen LogP) is 4.82. The van der Waals surface area contributed by atoms with Crippen molar-refractivity contribution in [3.63, 3.8) is 0 Å². The lowest BCUT2D eigenvalue weighted by Crippen LogP contribution is -2.48. The van der Waals surface area contributed by atoms with E-state index in [-0.39, 0.29) is 18.0 Å². The Morgan fingerprint density at radius 3 is 2.35 bits per heavy atom. The van der Waals surface area contributed by atoms with E-state index in [0.717, 1.165) is 35.7 Å². The molecule has 0 spiro atoms. The van der Waals surface area contributed by atoms with E-state index in [0.29, 0.717) is 10.9 Å². The zero-order chi connectivity index (χ0) is 21.8. The molecule has 2 atom stereocenters. The smallest absolute Gasteiger partial charge is 0.233 e. The number of likely N-dealkylation sites (tertiary alicyclic amines) is 1. The normalized spacial score (nSPS) is 18.7. The van der Waals surface area contributed by atoms with Crippen molar-refractivity contribution in [3.8, 4) is 22.8 Å². The number of hydrogen-bond donors (Lipinski definition) is 0. The molecule has 1 amide bonds. The topological polar surface area (TPSA) is 60.2 Å². The van der Waals surface area contributed by atoms with Gasteiger partial charge in [0, 0.05) is 23.3 Å². The second kappa shape index (κ2) is 9.56. The van der Waals surface area contributed by atoms with Crippen molar-refractivity contribution in [2.45, 2.75) is 50.4 Å². The fourth-order valence-corrected chi connectivity index (χ4v) is 5.04. The lowest BCUT2D eigenvalue weighted by Gasteiger charge is -2.39. The van der Waals surface area contributed by atoms with Crippen LogP contribution in [0.25, 0.3) is 17.1 Å². The minimum atomic E-state index is 0.162. The maximum atomic E-state index is 13.0. The fourth-order valence-electron chi connectivity index (χ4n) is 4.22. The summed E-state index contributed by atoms with van der Waals surface area (Å²) in [6.07, 6.45) is 3.33. The van der Waals surface area contributed by atoms with E-state index in [1.165, 1.54) is 18.2 Å². The summed E-state index contributed by atoms with van der Waals surface area (Å²) >= 11 is 1.44. The lowest BCUT2D eigenvalue weighted by atomic mass is 9.98. The molecule has 0 bridgehead atoms. The van der Waals surface area contributed by atoms with Gasteiger partial charge in [0.25, 0.3) is 0 Å². The molecule has 0 N–H and O–H groups in total. The van der Waals surface area contributed by atoms with Crippen molar-refractivity contribution < 1.29 is 9.53 Å². The summed E-state index contributed by atoms with van der Waals surface area (Å²) in [6, 6.07) is 18.4. The number of nitrogens with zero attached hydrogens (tertiary/aromatic N) is 4. The molecule has 2 heterocycles. The highest BCUT2D eigenvalue weighted by Crippen LogP contribution is 2.30. The summed E-state index contributed by atoms with van der Waals surface area (Å²) < 4.78 is 7.31. The number of benzene rings is 2. The first-order valence-corrected chi connectivity index (χ1v) is 11.7. The fraction of sp³-hybridized carbons (Fsp3) is 0.375. The second-order valence-corrected chi connectivity index (χ2v) is 8.87. The molecule has 1 aliphatic heterocycles. The van der Waals surface area contributed by atoms with Crippen LogP contribution >= 0.6 is 11.8 Å². The average molecular weight is 437 g/mol. The van der Waals surface area contributed by atoms with Gasteiger partial charge in [-0.1, -0.05) is 42.1 Å². The molecule has 0 saturated carbocycles. The van der Waals surface area contributed by atoms with Gasteiger partial charge < -0.3 is 9.64 Å². The number of carbonyl (C=O) groups is 1. The van der Waals surface area contributed by atoms with E-state index in [9.17, 15) is 4.79 Å². The van der Waals surface area contributed by atoms with Gasteiger partial charge in [0.05, 0.1) is 12.9 Å². The van der Waals surface area contributed by atoms with Crippen molar-refractivity contribution >= 4 is 17.7 Å². The number of methoxy groups -OCH3 is 1. The van der Waals surface area contributed by atoms with Gasteiger partial charge in [-0.3, -0.25) is 9.36 Å². The van der Waals surface area contributed by atoms with Crippen LogP contribution in [0.1, 0.15) is 33.1 Å². The van der Waals surface area contributed by atoms with Gasteiger partial charge in [-0.15, -0.1) is 10.2 Å². The standard InChI is InChI=1S/C24H28N4O2S/c1-17-8-7-9-18(2)27(17)22(29)16-31-24-26-25-23(19-10-5-4-6-11-19)28(24)20-12-14-21(30-3)15-13-20/h4-6,10-15,17-18H,7-9,16H2,1-3H3. The molecule has 2 aromatic carbocycles. The Hall–Kier alpha value is -2.80. The average Bonchev–Trinajstić information content (AvgIpc) is 3.22. The Balaban J connectivity index is 1.63. The predicted molar refractivity (Wildman–Crippen MR) is 124 cm³/mol. The lowest BCUT2D eigenvalue weighted by molar-refractivity contribution is -0.134. The number of aromatic nitrogens is 3. The largest absolute Gasteiger partial charge is 0.497 e. The summed E-state index contributed by atoms with van der Waals surface area (Å²) in [7, 11) is 1.65. The van der Waals surface area contributed by atoms with Crippen LogP contribution < -0.4 is 4.74 Å². The first kappa shape index (κ1) is 21.4. The first-order valence-electron chi connectivity index (χ1n) is 10.7. The summed E-state index contributed by atoms with van der Waals surface area (Å²) in [5.74, 6) is 2.05. The Kier molecular flexibility index (Phi) is 6.61. The number of thioether (sulfide) groups is 1. The van der Waals surface area contributed by atoms with Crippen LogP contribution in [0.4, 0.5) is 0 Å². The molecule has 2 unspecified atom stereocenters. The highest BCUT2D eigenvalue weighted by atomic mass is 32.2. The Labute approximate surface area is 187 Å². The zero-order valence-corrected chi connectivity index (χ0v) is 19.0. The third-order valence-electron chi connectivity index (χ3n) is 5.80. The van der Waals surface area contributed by atoms with Crippen molar-refractivity contribution in [2.24, 2.45) is 0 Å². The number of amides is 1. The Morgan fingerprint density at radius 2 is 1.71 bits per heavy atom. The van der Waals surface area contributed by atoms with Crippen molar-refractivity contribution in [3.05, 3.63) is 54.6 Å². The highest BCUT2D eigenvalue weighted by molar-refractivity contribution is 7.99.